The lowest BCUT2D eigenvalue weighted by Crippen LogP contribution is -1.89. The van der Waals surface area contributed by atoms with Gasteiger partial charge in [0.1, 0.15) is 5.83 Å². The lowest BCUT2D eigenvalue weighted by atomic mass is 9.97. The molecular formula is C12H10BrF. The topological polar surface area (TPSA) is 0 Å². The third-order valence-corrected chi connectivity index (χ3v) is 2.75. The minimum Gasteiger partial charge on any atom is -0.207 e. The van der Waals surface area contributed by atoms with Crippen LogP contribution in [0.2, 0.25) is 0 Å². The van der Waals surface area contributed by atoms with Crippen LogP contribution in [0.15, 0.2) is 46.7 Å². The molecular weight excluding hydrogens is 243 g/mol. The van der Waals surface area contributed by atoms with Crippen LogP contribution < -0.4 is 0 Å². The molecule has 1 aliphatic rings. The SMILES string of the molecule is FC1=CCCC(c2cccc(Br)c2)=C1. The molecule has 0 aromatic heterocycles. The fourth-order valence-electron chi connectivity index (χ4n) is 1.58. The number of allylic oxidation sites excluding steroid dienone is 4. The van der Waals surface area contributed by atoms with Crippen molar-refractivity contribution in [3.05, 3.63) is 52.3 Å². The van der Waals surface area contributed by atoms with E-state index in [1.165, 1.54) is 0 Å². The van der Waals surface area contributed by atoms with Crippen LogP contribution in [-0.2, 0) is 0 Å². The van der Waals surface area contributed by atoms with Crippen molar-refractivity contribution in [1.29, 1.82) is 0 Å². The normalized spacial score (nSPS) is 16.1. The summed E-state index contributed by atoms with van der Waals surface area (Å²) in [7, 11) is 0. The predicted octanol–water partition coefficient (Wildman–Crippen LogP) is 4.48. The minimum absolute atomic E-state index is 0.119. The van der Waals surface area contributed by atoms with Crippen LogP contribution in [-0.4, -0.2) is 0 Å². The Labute approximate surface area is 91.3 Å². The van der Waals surface area contributed by atoms with Crippen LogP contribution in [0.25, 0.3) is 5.57 Å². The zero-order valence-corrected chi connectivity index (χ0v) is 9.22. The number of benzene rings is 1. The summed E-state index contributed by atoms with van der Waals surface area (Å²) < 4.78 is 14.0. The Balaban J connectivity index is 2.36. The van der Waals surface area contributed by atoms with Gasteiger partial charge in [0.15, 0.2) is 0 Å². The van der Waals surface area contributed by atoms with Crippen molar-refractivity contribution in [2.75, 3.05) is 0 Å². The lowest BCUT2D eigenvalue weighted by Gasteiger charge is -2.10. The van der Waals surface area contributed by atoms with E-state index in [1.54, 1.807) is 12.2 Å². The second kappa shape index (κ2) is 4.09. The van der Waals surface area contributed by atoms with E-state index in [0.29, 0.717) is 0 Å². The van der Waals surface area contributed by atoms with Crippen molar-refractivity contribution in [3.63, 3.8) is 0 Å². The third kappa shape index (κ3) is 2.13. The first-order valence-electron chi connectivity index (χ1n) is 4.58. The summed E-state index contributed by atoms with van der Waals surface area (Å²) in [5.74, 6) is -0.119. The molecule has 0 amide bonds. The monoisotopic (exact) mass is 252 g/mol. The van der Waals surface area contributed by atoms with E-state index in [9.17, 15) is 4.39 Å². The highest BCUT2D eigenvalue weighted by atomic mass is 79.9. The molecule has 0 saturated carbocycles. The summed E-state index contributed by atoms with van der Waals surface area (Å²) >= 11 is 3.41. The van der Waals surface area contributed by atoms with E-state index in [-0.39, 0.29) is 5.83 Å². The summed E-state index contributed by atoms with van der Waals surface area (Å²) in [6, 6.07) is 7.97. The Kier molecular flexibility index (Phi) is 2.82. The maximum absolute atomic E-state index is 13.0. The zero-order chi connectivity index (χ0) is 9.97. The summed E-state index contributed by atoms with van der Waals surface area (Å²) in [5.41, 5.74) is 2.17. The van der Waals surface area contributed by atoms with Gasteiger partial charge in [0, 0.05) is 4.47 Å². The summed E-state index contributed by atoms with van der Waals surface area (Å²) in [6.45, 7) is 0. The van der Waals surface area contributed by atoms with E-state index in [1.807, 2.05) is 24.3 Å². The van der Waals surface area contributed by atoms with Crippen molar-refractivity contribution in [2.24, 2.45) is 0 Å². The molecule has 1 aromatic rings. The quantitative estimate of drug-likeness (QED) is 0.692. The van der Waals surface area contributed by atoms with Crippen molar-refractivity contribution in [2.45, 2.75) is 12.8 Å². The van der Waals surface area contributed by atoms with Crippen LogP contribution in [0, 0.1) is 0 Å². The van der Waals surface area contributed by atoms with E-state index in [0.717, 1.165) is 28.5 Å². The van der Waals surface area contributed by atoms with Gasteiger partial charge < -0.3 is 0 Å². The highest BCUT2D eigenvalue weighted by Gasteiger charge is 2.07. The minimum atomic E-state index is -0.119. The van der Waals surface area contributed by atoms with Gasteiger partial charge in [0.05, 0.1) is 0 Å². The molecule has 0 unspecified atom stereocenters. The fourth-order valence-corrected chi connectivity index (χ4v) is 1.98. The van der Waals surface area contributed by atoms with Crippen molar-refractivity contribution < 1.29 is 4.39 Å². The molecule has 14 heavy (non-hydrogen) atoms. The molecule has 0 bridgehead atoms. The van der Waals surface area contributed by atoms with Gasteiger partial charge in [-0.3, -0.25) is 0 Å². The van der Waals surface area contributed by atoms with Gasteiger partial charge in [-0.15, -0.1) is 0 Å². The van der Waals surface area contributed by atoms with Gasteiger partial charge in [-0.05, 0) is 48.3 Å². The average molecular weight is 253 g/mol. The summed E-state index contributed by atoms with van der Waals surface area (Å²) in [5, 5.41) is 0. The molecule has 2 rings (SSSR count). The van der Waals surface area contributed by atoms with Crippen LogP contribution in [0.5, 0.6) is 0 Å². The fraction of sp³-hybridized carbons (Fsp3) is 0.167. The van der Waals surface area contributed by atoms with Crippen molar-refractivity contribution >= 4 is 21.5 Å². The van der Waals surface area contributed by atoms with Crippen LogP contribution in [0.1, 0.15) is 18.4 Å². The molecule has 0 spiro atoms. The van der Waals surface area contributed by atoms with Gasteiger partial charge in [-0.1, -0.05) is 28.1 Å². The maximum atomic E-state index is 13.0. The van der Waals surface area contributed by atoms with E-state index in [2.05, 4.69) is 15.9 Å². The molecule has 0 atom stereocenters. The van der Waals surface area contributed by atoms with E-state index in [4.69, 9.17) is 0 Å². The number of hydrogen-bond acceptors (Lipinski definition) is 0. The Morgan fingerprint density at radius 3 is 2.86 bits per heavy atom. The molecule has 0 nitrogen and oxygen atoms in total. The standard InChI is InChI=1S/C12H10BrF/c13-11-5-1-3-9(7-11)10-4-2-6-12(14)8-10/h1,3,5-8H,2,4H2. The van der Waals surface area contributed by atoms with Crippen molar-refractivity contribution in [1.82, 2.24) is 0 Å². The smallest absolute Gasteiger partial charge is 0.119 e. The average Bonchev–Trinajstić information content (AvgIpc) is 2.18. The molecule has 0 aliphatic heterocycles. The van der Waals surface area contributed by atoms with Crippen LogP contribution in [0.3, 0.4) is 0 Å². The molecule has 2 heteroatoms. The van der Waals surface area contributed by atoms with E-state index < -0.39 is 0 Å². The first-order valence-corrected chi connectivity index (χ1v) is 5.37. The van der Waals surface area contributed by atoms with Gasteiger partial charge >= 0.3 is 0 Å². The Hall–Kier alpha value is -0.890. The Morgan fingerprint density at radius 2 is 2.14 bits per heavy atom. The second-order valence-corrected chi connectivity index (χ2v) is 4.22. The van der Waals surface area contributed by atoms with Crippen LogP contribution >= 0.6 is 15.9 Å². The number of hydrogen-bond donors (Lipinski definition) is 0. The molecule has 0 fully saturated rings. The predicted molar refractivity (Wildman–Crippen MR) is 60.5 cm³/mol. The molecule has 1 aliphatic carbocycles. The lowest BCUT2D eigenvalue weighted by molar-refractivity contribution is 0.654. The Morgan fingerprint density at radius 1 is 1.29 bits per heavy atom. The first kappa shape index (κ1) is 9.66. The molecule has 1 aromatic carbocycles. The highest BCUT2D eigenvalue weighted by Crippen LogP contribution is 2.28. The highest BCUT2D eigenvalue weighted by molar-refractivity contribution is 9.10. The maximum Gasteiger partial charge on any atom is 0.119 e. The van der Waals surface area contributed by atoms with Crippen LogP contribution in [0.4, 0.5) is 4.39 Å². The second-order valence-electron chi connectivity index (χ2n) is 3.31. The molecule has 0 radical (unpaired) electrons. The molecule has 0 N–H and O–H groups in total. The van der Waals surface area contributed by atoms with Gasteiger partial charge in [0.25, 0.3) is 0 Å². The molecule has 0 heterocycles. The van der Waals surface area contributed by atoms with Crippen molar-refractivity contribution in [3.8, 4) is 0 Å². The Bertz CT molecular complexity index is 405. The molecule has 72 valence electrons. The molecule has 0 saturated heterocycles. The number of halogens is 2. The summed E-state index contributed by atoms with van der Waals surface area (Å²) in [6.07, 6.45) is 4.96. The zero-order valence-electron chi connectivity index (χ0n) is 7.63. The first-order chi connectivity index (χ1) is 6.75. The third-order valence-electron chi connectivity index (χ3n) is 2.26. The van der Waals surface area contributed by atoms with Gasteiger partial charge in [-0.25, -0.2) is 4.39 Å². The van der Waals surface area contributed by atoms with Gasteiger partial charge in [0.2, 0.25) is 0 Å². The van der Waals surface area contributed by atoms with Gasteiger partial charge in [-0.2, -0.15) is 0 Å². The largest absolute Gasteiger partial charge is 0.207 e. The van der Waals surface area contributed by atoms with E-state index >= 15 is 0 Å². The summed E-state index contributed by atoms with van der Waals surface area (Å²) in [4.78, 5) is 0. The number of rotatable bonds is 1.